The molecule has 0 saturated heterocycles. The Morgan fingerprint density at radius 2 is 1.20 bits per heavy atom. The van der Waals surface area contributed by atoms with E-state index in [1.54, 1.807) is 27.4 Å². The molecule has 0 amide bonds. The van der Waals surface area contributed by atoms with Crippen molar-refractivity contribution in [1.82, 2.24) is 0 Å². The molecule has 1 atom stereocenters. The Hall–Kier alpha value is -1.40. The normalized spacial score (nSPS) is 20.7. The monoisotopic (exact) mass is 716 g/mol. The summed E-state index contributed by atoms with van der Waals surface area (Å²) in [4.78, 5) is 0. The molecule has 0 aromatic heterocycles. The average Bonchev–Trinajstić information content (AvgIpc) is 3.57. The van der Waals surface area contributed by atoms with Crippen LogP contribution in [0.4, 0.5) is 0 Å². The molecule has 7 rings (SSSR count). The standard InChI is InChI=1S/C25H25.C11H17.C6H10.2ClH.Zr/c1-14-12-24(3,4)22-8-16-7-17-9-23-19(15(2)13-25(23,5)6)11-21(17)20(16)10-18(14)22;1-8-6-9(2)10(7-8)11(3,4)5;1-2-4-6-5-3-1;;;/h7-13H,1-6H3;7-8H,1-5H3;1-5H2;2*1H;/q2*-1;;;;+2/p-2. The van der Waals surface area contributed by atoms with Gasteiger partial charge in [-0.3, -0.25) is 6.08 Å². The number of fused-ring (bicyclic) bond motifs is 5. The molecule has 0 radical (unpaired) electrons. The zero-order valence-corrected chi connectivity index (χ0v) is 33.5. The molecule has 0 heterocycles. The van der Waals surface area contributed by atoms with Crippen LogP contribution in [0, 0.1) is 17.4 Å². The van der Waals surface area contributed by atoms with Crippen molar-refractivity contribution in [3.05, 3.63) is 88.0 Å². The summed E-state index contributed by atoms with van der Waals surface area (Å²) < 4.78 is 1.80. The van der Waals surface area contributed by atoms with Gasteiger partial charge >= 0.3 is 59.5 Å². The molecule has 1 fully saturated rings. The zero-order chi connectivity index (χ0) is 31.5. The van der Waals surface area contributed by atoms with Crippen LogP contribution in [-0.2, 0) is 35.1 Å². The molecule has 3 heteroatoms. The second-order valence-corrected chi connectivity index (χ2v) is 17.5. The molecule has 0 nitrogen and oxygen atoms in total. The first-order chi connectivity index (χ1) is 20.0. The summed E-state index contributed by atoms with van der Waals surface area (Å²) >= 11 is 1.69. The summed E-state index contributed by atoms with van der Waals surface area (Å²) in [5.41, 5.74) is 12.0. The van der Waals surface area contributed by atoms with Crippen LogP contribution < -0.4 is 24.8 Å². The van der Waals surface area contributed by atoms with Gasteiger partial charge in [0.1, 0.15) is 0 Å². The number of benzene rings is 2. The van der Waals surface area contributed by atoms with Crippen LogP contribution in [0.5, 0.6) is 0 Å². The quantitative estimate of drug-likeness (QED) is 0.246. The number of halogens is 2. The van der Waals surface area contributed by atoms with Gasteiger partial charge in [0, 0.05) is 10.8 Å². The molecule has 240 valence electrons. The second-order valence-electron chi connectivity index (χ2n) is 15.8. The van der Waals surface area contributed by atoms with E-state index in [-0.39, 0.29) is 35.6 Å². The topological polar surface area (TPSA) is 0 Å². The Morgan fingerprint density at radius 1 is 0.756 bits per heavy atom. The van der Waals surface area contributed by atoms with Crippen LogP contribution in [0.15, 0.2) is 59.7 Å². The molecule has 0 N–H and O–H groups in total. The Bertz CT molecular complexity index is 1630. The number of hydrogen-bond acceptors (Lipinski definition) is 0. The van der Waals surface area contributed by atoms with Crippen LogP contribution >= 0.6 is 0 Å². The van der Waals surface area contributed by atoms with Gasteiger partial charge in [0.15, 0.2) is 0 Å². The van der Waals surface area contributed by atoms with Gasteiger partial charge in [-0.15, -0.1) is 39.7 Å². The van der Waals surface area contributed by atoms with Crippen LogP contribution in [0.2, 0.25) is 0 Å². The van der Waals surface area contributed by atoms with Gasteiger partial charge in [-0.25, -0.2) is 5.57 Å². The van der Waals surface area contributed by atoms with Crippen molar-refractivity contribution in [2.45, 2.75) is 119 Å². The van der Waals surface area contributed by atoms with Crippen LogP contribution in [0.3, 0.4) is 0 Å². The predicted molar refractivity (Wildman–Crippen MR) is 188 cm³/mol. The average molecular weight is 719 g/mol. The van der Waals surface area contributed by atoms with Gasteiger partial charge in [-0.2, -0.15) is 11.6 Å². The van der Waals surface area contributed by atoms with E-state index in [2.05, 4.69) is 131 Å². The van der Waals surface area contributed by atoms with Crippen molar-refractivity contribution >= 4 is 35.9 Å². The molecule has 4 aliphatic rings. The van der Waals surface area contributed by atoms with Gasteiger partial charge < -0.3 is 24.8 Å². The third-order valence-corrected chi connectivity index (χ3v) is 11.1. The molecule has 0 bridgehead atoms. The molecule has 3 aromatic rings. The van der Waals surface area contributed by atoms with Crippen molar-refractivity contribution in [1.29, 1.82) is 0 Å². The first kappa shape index (κ1) is 38.1. The number of rotatable bonds is 0. The van der Waals surface area contributed by atoms with Crippen molar-refractivity contribution in [2.24, 2.45) is 11.3 Å². The Kier molecular flexibility index (Phi) is 11.8. The number of hydrogen-bond donors (Lipinski definition) is 0. The Morgan fingerprint density at radius 3 is 1.51 bits per heavy atom. The van der Waals surface area contributed by atoms with Gasteiger partial charge in [-0.05, 0) is 36.1 Å². The van der Waals surface area contributed by atoms with E-state index >= 15 is 0 Å². The SMILES string of the molecule is CC1=CC(C)(C)c2cc3[cH-]c4cc5c(cc4c3cc21)C(C)=CC5(C)C.CC1=[C-]C(C)C=C1C(C)(C)C.[Cl-].[Cl-].[Zr+2]=[C]1CCCCC1. The van der Waals surface area contributed by atoms with E-state index in [1.807, 2.05) is 0 Å². The summed E-state index contributed by atoms with van der Waals surface area (Å²) in [5, 5.41) is 5.57. The van der Waals surface area contributed by atoms with Gasteiger partial charge in [0.2, 0.25) is 0 Å². The van der Waals surface area contributed by atoms with Crippen LogP contribution in [0.25, 0.3) is 32.7 Å². The maximum absolute atomic E-state index is 3.40. The van der Waals surface area contributed by atoms with Crippen molar-refractivity contribution in [3.63, 3.8) is 0 Å². The first-order valence-corrected chi connectivity index (χ1v) is 17.7. The summed E-state index contributed by atoms with van der Waals surface area (Å²) in [6.45, 7) is 24.9. The molecular weight excluding hydrogens is 667 g/mol. The van der Waals surface area contributed by atoms with Gasteiger partial charge in [-0.1, -0.05) is 109 Å². The Labute approximate surface area is 301 Å². The molecule has 4 aliphatic carbocycles. The maximum atomic E-state index is 3.40. The van der Waals surface area contributed by atoms with E-state index in [4.69, 9.17) is 0 Å². The van der Waals surface area contributed by atoms with E-state index in [9.17, 15) is 0 Å². The molecule has 1 saturated carbocycles. The van der Waals surface area contributed by atoms with Gasteiger partial charge in [0.25, 0.3) is 0 Å². The fraction of sp³-hybridized carbons (Fsp3) is 0.476. The van der Waals surface area contributed by atoms with E-state index in [1.165, 1.54) is 98.2 Å². The minimum atomic E-state index is 0. The molecule has 45 heavy (non-hydrogen) atoms. The zero-order valence-electron chi connectivity index (χ0n) is 29.5. The summed E-state index contributed by atoms with van der Waals surface area (Å²) in [6, 6.07) is 12.1. The predicted octanol–water partition coefficient (Wildman–Crippen LogP) is 6.14. The first-order valence-electron chi connectivity index (χ1n) is 16.5. The fourth-order valence-corrected chi connectivity index (χ4v) is 8.71. The van der Waals surface area contributed by atoms with Crippen LogP contribution in [0.1, 0.15) is 131 Å². The Balaban J connectivity index is 0.000000230. The van der Waals surface area contributed by atoms with E-state index < -0.39 is 0 Å². The molecule has 1 unspecified atom stereocenters. The minimum absolute atomic E-state index is 0. The van der Waals surface area contributed by atoms with E-state index in [0.29, 0.717) is 11.3 Å². The van der Waals surface area contributed by atoms with Gasteiger partial charge in [0.05, 0.1) is 0 Å². The third-order valence-electron chi connectivity index (χ3n) is 9.90. The number of allylic oxidation sites excluding steroid dienone is 8. The molecule has 0 aliphatic heterocycles. The summed E-state index contributed by atoms with van der Waals surface area (Å²) in [7, 11) is 0. The van der Waals surface area contributed by atoms with E-state index in [0.717, 1.165) is 0 Å². The second kappa shape index (κ2) is 14.0. The third kappa shape index (κ3) is 7.85. The fourth-order valence-electron chi connectivity index (χ4n) is 7.84. The summed E-state index contributed by atoms with van der Waals surface area (Å²) in [6.07, 6.45) is 17.8. The molecule has 3 aromatic carbocycles. The van der Waals surface area contributed by atoms with Crippen LogP contribution in [-0.4, -0.2) is 3.21 Å². The van der Waals surface area contributed by atoms with Crippen molar-refractivity contribution < 1.29 is 49.0 Å². The molecular formula is C42H52Cl2Zr-2. The van der Waals surface area contributed by atoms with Crippen molar-refractivity contribution in [3.8, 4) is 0 Å². The molecule has 0 spiro atoms. The van der Waals surface area contributed by atoms with Crippen molar-refractivity contribution in [2.75, 3.05) is 0 Å². The summed E-state index contributed by atoms with van der Waals surface area (Å²) in [5.74, 6) is 0.518.